The molecule has 3 aromatic rings. The van der Waals surface area contributed by atoms with Crippen molar-refractivity contribution in [1.29, 1.82) is 0 Å². The van der Waals surface area contributed by atoms with Crippen molar-refractivity contribution in [3.8, 4) is 10.6 Å². The van der Waals surface area contributed by atoms with Crippen LogP contribution in [-0.4, -0.2) is 61.3 Å². The summed E-state index contributed by atoms with van der Waals surface area (Å²) in [7, 11) is 0. The Morgan fingerprint density at radius 2 is 2.00 bits per heavy atom. The van der Waals surface area contributed by atoms with Crippen molar-refractivity contribution in [3.63, 3.8) is 0 Å². The quantitative estimate of drug-likeness (QED) is 0.369. The van der Waals surface area contributed by atoms with E-state index in [0.29, 0.717) is 38.6 Å². The van der Waals surface area contributed by atoms with Crippen LogP contribution in [0.5, 0.6) is 0 Å². The summed E-state index contributed by atoms with van der Waals surface area (Å²) in [6.45, 7) is 3.25. The zero-order valence-electron chi connectivity index (χ0n) is 20.0. The zero-order chi connectivity index (χ0) is 26.3. The maximum Gasteiger partial charge on any atom is 0.248 e. The van der Waals surface area contributed by atoms with Crippen LogP contribution in [0.3, 0.4) is 0 Å². The molecule has 0 aliphatic carbocycles. The maximum absolute atomic E-state index is 14.4. The molecule has 1 fully saturated rings. The molecule has 1 unspecified atom stereocenters. The summed E-state index contributed by atoms with van der Waals surface area (Å²) >= 11 is 1.16. The van der Waals surface area contributed by atoms with Gasteiger partial charge in [-0.2, -0.15) is 0 Å². The number of carbonyl (C=O) groups excluding carboxylic acids is 3. The molecule has 5 rings (SSSR count). The lowest BCUT2D eigenvalue weighted by molar-refractivity contribution is -0.140. The van der Waals surface area contributed by atoms with Crippen LogP contribution < -0.4 is 21.9 Å². The Morgan fingerprint density at radius 3 is 2.70 bits per heavy atom. The second kappa shape index (κ2) is 9.44. The number of anilines is 2. The molecule has 3 amide bonds. The lowest BCUT2D eigenvalue weighted by atomic mass is 9.93. The Morgan fingerprint density at radius 1 is 1.24 bits per heavy atom. The molecule has 0 bridgehead atoms. The number of carbonyl (C=O) groups is 3. The topological polar surface area (TPSA) is 168 Å². The molecule has 0 aromatic carbocycles. The van der Waals surface area contributed by atoms with Gasteiger partial charge in [-0.3, -0.25) is 14.4 Å². The Kier molecular flexibility index (Phi) is 6.29. The fourth-order valence-corrected chi connectivity index (χ4v) is 5.53. The highest BCUT2D eigenvalue weighted by Gasteiger charge is 2.51. The molecule has 192 valence electrons. The molecule has 3 atom stereocenters. The molecule has 5 heterocycles. The zero-order valence-corrected chi connectivity index (χ0v) is 20.8. The number of halogens is 1. The fraction of sp³-hybridized carbons (Fsp3) is 0.348. The lowest BCUT2D eigenvalue weighted by Crippen LogP contribution is -2.54. The molecule has 0 saturated carbocycles. The molecule has 37 heavy (non-hydrogen) atoms. The number of pyridine rings is 1. The van der Waals surface area contributed by atoms with Gasteiger partial charge in [-0.25, -0.2) is 29.8 Å². The number of amides is 3. The third-order valence-corrected chi connectivity index (χ3v) is 7.55. The van der Waals surface area contributed by atoms with Crippen molar-refractivity contribution < 1.29 is 18.8 Å². The van der Waals surface area contributed by atoms with Crippen LogP contribution in [0.1, 0.15) is 29.2 Å². The highest BCUT2D eigenvalue weighted by atomic mass is 32.1. The summed E-state index contributed by atoms with van der Waals surface area (Å²) in [5.41, 5.74) is 11.1. The van der Waals surface area contributed by atoms with E-state index >= 15 is 0 Å². The van der Waals surface area contributed by atoms with Gasteiger partial charge in [-0.15, -0.1) is 11.3 Å². The molecule has 5 N–H and O–H groups in total. The molecular formula is C23H24FN9O3S. The number of nitrogens with one attached hydrogen (secondary N) is 3. The highest BCUT2D eigenvalue weighted by molar-refractivity contribution is 7.15. The van der Waals surface area contributed by atoms with Crippen LogP contribution in [0, 0.1) is 13.8 Å². The summed E-state index contributed by atoms with van der Waals surface area (Å²) in [6.07, 6.45) is 1.23. The Bertz CT molecular complexity index is 1380. The first kappa shape index (κ1) is 24.6. The standard InChI is InChI=1S/C23H24FN9O3S/c1-11-4-3-5-16(28-11)29-20(35)15-6-14(24)10-33(15)17(34)7-23(22(25)36)18-19(31-32-23)30-21(37-18)13-8-26-12(2)27-9-13/h3-5,8-9,14-15,31-32H,6-7,10H2,1-2H3,(H2,25,36)(H,28,29,35)/t14-,15+,23?/m1/s1. The first-order chi connectivity index (χ1) is 17.7. The minimum absolute atomic E-state index is 0.165. The van der Waals surface area contributed by atoms with Gasteiger partial charge < -0.3 is 21.4 Å². The van der Waals surface area contributed by atoms with E-state index < -0.39 is 41.9 Å². The highest BCUT2D eigenvalue weighted by Crippen LogP contribution is 2.43. The Hall–Kier alpha value is -4.04. The minimum atomic E-state index is -1.64. The number of aryl methyl sites for hydroxylation is 2. The second-order valence-corrected chi connectivity index (χ2v) is 9.96. The maximum atomic E-state index is 14.4. The Labute approximate surface area is 214 Å². The Balaban J connectivity index is 1.39. The van der Waals surface area contributed by atoms with E-state index in [2.05, 4.69) is 36.1 Å². The smallest absolute Gasteiger partial charge is 0.248 e. The van der Waals surface area contributed by atoms with Crippen molar-refractivity contribution in [2.45, 2.75) is 44.4 Å². The third-order valence-electron chi connectivity index (χ3n) is 6.29. The monoisotopic (exact) mass is 525 g/mol. The van der Waals surface area contributed by atoms with Crippen LogP contribution in [0.2, 0.25) is 0 Å². The average Bonchev–Trinajstić information content (AvgIpc) is 3.54. The molecule has 14 heteroatoms. The molecule has 2 aliphatic heterocycles. The van der Waals surface area contributed by atoms with Gasteiger partial charge in [0.2, 0.25) is 17.7 Å². The van der Waals surface area contributed by atoms with Gasteiger partial charge in [-0.05, 0) is 26.0 Å². The summed E-state index contributed by atoms with van der Waals surface area (Å²) < 4.78 is 14.4. The van der Waals surface area contributed by atoms with E-state index in [4.69, 9.17) is 5.73 Å². The second-order valence-electron chi connectivity index (χ2n) is 8.96. The largest absolute Gasteiger partial charge is 0.368 e. The van der Waals surface area contributed by atoms with Gasteiger partial charge in [0.15, 0.2) is 11.4 Å². The molecule has 12 nitrogen and oxygen atoms in total. The number of hydrogen-bond donors (Lipinski definition) is 4. The number of thiazole rings is 1. The summed E-state index contributed by atoms with van der Waals surface area (Å²) in [6, 6.07) is 4.05. The van der Waals surface area contributed by atoms with E-state index in [-0.39, 0.29) is 13.0 Å². The number of primary amides is 1. The fourth-order valence-electron chi connectivity index (χ4n) is 4.39. The van der Waals surface area contributed by atoms with Crippen LogP contribution in [-0.2, 0) is 19.9 Å². The number of fused-ring (bicyclic) bond motifs is 1. The van der Waals surface area contributed by atoms with Crippen molar-refractivity contribution >= 4 is 40.7 Å². The van der Waals surface area contributed by atoms with Gasteiger partial charge in [0.1, 0.15) is 28.9 Å². The molecule has 0 spiro atoms. The number of nitrogens with two attached hydrogens (primary N) is 1. The van der Waals surface area contributed by atoms with Crippen LogP contribution >= 0.6 is 11.3 Å². The number of hydrazine groups is 1. The number of nitrogens with zero attached hydrogens (tertiary/aromatic N) is 5. The van der Waals surface area contributed by atoms with E-state index in [0.717, 1.165) is 16.2 Å². The van der Waals surface area contributed by atoms with Crippen molar-refractivity contribution in [1.82, 2.24) is 30.3 Å². The molecule has 3 aromatic heterocycles. The normalized spacial score (nSPS) is 22.4. The van der Waals surface area contributed by atoms with Gasteiger partial charge in [-0.1, -0.05) is 6.07 Å². The van der Waals surface area contributed by atoms with Gasteiger partial charge in [0, 0.05) is 30.1 Å². The summed E-state index contributed by atoms with van der Waals surface area (Å²) in [4.78, 5) is 57.7. The number of rotatable bonds is 6. The predicted molar refractivity (Wildman–Crippen MR) is 133 cm³/mol. The molecule has 2 aliphatic rings. The van der Waals surface area contributed by atoms with Crippen LogP contribution in [0.25, 0.3) is 10.6 Å². The number of hydrogen-bond acceptors (Lipinski definition) is 10. The predicted octanol–water partition coefficient (Wildman–Crippen LogP) is 1.19. The molecular weight excluding hydrogens is 501 g/mol. The van der Waals surface area contributed by atoms with E-state index in [1.807, 2.05) is 0 Å². The molecule has 0 radical (unpaired) electrons. The van der Waals surface area contributed by atoms with E-state index in [1.54, 1.807) is 44.4 Å². The summed E-state index contributed by atoms with van der Waals surface area (Å²) in [5, 5.41) is 3.18. The number of likely N-dealkylation sites (tertiary alicyclic amines) is 1. The van der Waals surface area contributed by atoms with Crippen molar-refractivity contribution in [2.75, 3.05) is 17.3 Å². The SMILES string of the molecule is Cc1cccc(NC(=O)[C@@H]2C[C@@H](F)CN2C(=O)CC2(C(N)=O)NNc3nc(-c4cnc(C)nc4)sc32)n1. The molecule has 1 saturated heterocycles. The van der Waals surface area contributed by atoms with Gasteiger partial charge >= 0.3 is 0 Å². The van der Waals surface area contributed by atoms with Crippen LogP contribution in [0.15, 0.2) is 30.6 Å². The lowest BCUT2D eigenvalue weighted by Gasteiger charge is -2.29. The first-order valence-electron chi connectivity index (χ1n) is 11.5. The number of alkyl halides is 1. The van der Waals surface area contributed by atoms with Crippen molar-refractivity contribution in [3.05, 3.63) is 47.0 Å². The average molecular weight is 526 g/mol. The summed E-state index contributed by atoms with van der Waals surface area (Å²) in [5.74, 6) is -0.736. The first-order valence-corrected chi connectivity index (χ1v) is 12.3. The minimum Gasteiger partial charge on any atom is -0.368 e. The van der Waals surface area contributed by atoms with E-state index in [1.165, 1.54) is 0 Å². The van der Waals surface area contributed by atoms with E-state index in [9.17, 15) is 18.8 Å². The van der Waals surface area contributed by atoms with Crippen LogP contribution in [0.4, 0.5) is 16.0 Å². The third kappa shape index (κ3) is 4.60. The van der Waals surface area contributed by atoms with Gasteiger partial charge in [0.05, 0.1) is 17.8 Å². The number of aromatic nitrogens is 4. The van der Waals surface area contributed by atoms with Crippen molar-refractivity contribution in [2.24, 2.45) is 5.73 Å². The van der Waals surface area contributed by atoms with Gasteiger partial charge in [0.25, 0.3) is 0 Å².